The van der Waals surface area contributed by atoms with Crippen LogP contribution in [-0.2, 0) is 0 Å². The predicted octanol–water partition coefficient (Wildman–Crippen LogP) is 3.83. The Bertz CT molecular complexity index is 1060. The maximum absolute atomic E-state index is 12.6. The van der Waals surface area contributed by atoms with Gasteiger partial charge in [-0.25, -0.2) is 4.79 Å². The van der Waals surface area contributed by atoms with E-state index in [1.807, 2.05) is 12.1 Å². The minimum absolute atomic E-state index is 0.0758. The van der Waals surface area contributed by atoms with Crippen LogP contribution in [-0.4, -0.2) is 41.2 Å². The van der Waals surface area contributed by atoms with Gasteiger partial charge in [0.05, 0.1) is 11.4 Å². The van der Waals surface area contributed by atoms with Gasteiger partial charge in [-0.1, -0.05) is 12.1 Å². The van der Waals surface area contributed by atoms with Gasteiger partial charge in [0.15, 0.2) is 0 Å². The Morgan fingerprint density at radius 3 is 2.16 bits per heavy atom. The number of benzene rings is 2. The van der Waals surface area contributed by atoms with Crippen molar-refractivity contribution in [2.24, 2.45) is 0 Å². The molecule has 0 unspecified atom stereocenters. The van der Waals surface area contributed by atoms with E-state index in [4.69, 9.17) is 0 Å². The fourth-order valence-electron chi connectivity index (χ4n) is 3.69. The van der Waals surface area contributed by atoms with Gasteiger partial charge in [0.25, 0.3) is 5.91 Å². The topological polar surface area (TPSA) is 107 Å². The highest BCUT2D eigenvalue weighted by Gasteiger charge is 2.21. The zero-order chi connectivity index (χ0) is 22.3. The molecule has 3 amide bonds. The standard InChI is InChI=1S/C24H25N5O3/c30-20-7-5-17(6-8-20)23(31)27-21-3-1-2-4-22(21)28-24(32)26-18-11-15-29(16-12-18)19-9-13-25-14-10-19/h1-10,13-14,18,30H,11-12,15-16H2,(H,27,31)(H2,26,28,32). The van der Waals surface area contributed by atoms with Crippen molar-refractivity contribution < 1.29 is 14.7 Å². The highest BCUT2D eigenvalue weighted by atomic mass is 16.3. The molecule has 0 atom stereocenters. The third-order valence-electron chi connectivity index (χ3n) is 5.41. The number of nitrogens with one attached hydrogen (secondary N) is 3. The molecule has 0 aliphatic carbocycles. The first kappa shape index (κ1) is 21.2. The second-order valence-electron chi connectivity index (χ2n) is 7.61. The minimum atomic E-state index is -0.330. The Labute approximate surface area is 186 Å². The van der Waals surface area contributed by atoms with Crippen LogP contribution in [0, 0.1) is 0 Å². The Balaban J connectivity index is 1.32. The number of aromatic nitrogens is 1. The van der Waals surface area contributed by atoms with Crippen molar-refractivity contribution >= 4 is 29.0 Å². The normalized spacial score (nSPS) is 13.9. The summed E-state index contributed by atoms with van der Waals surface area (Å²) in [5.74, 6) is -0.241. The average Bonchev–Trinajstić information content (AvgIpc) is 2.82. The van der Waals surface area contributed by atoms with E-state index in [-0.39, 0.29) is 23.7 Å². The summed E-state index contributed by atoms with van der Waals surface area (Å²) in [6, 6.07) is 16.7. The number of hydrogen-bond acceptors (Lipinski definition) is 5. The Kier molecular flexibility index (Phi) is 6.50. The van der Waals surface area contributed by atoms with Gasteiger partial charge in [0, 0.05) is 42.8 Å². The number of amides is 3. The fourth-order valence-corrected chi connectivity index (χ4v) is 3.69. The lowest BCUT2D eigenvalue weighted by molar-refractivity contribution is 0.102. The number of phenols is 1. The summed E-state index contributed by atoms with van der Waals surface area (Å²) >= 11 is 0. The second-order valence-corrected chi connectivity index (χ2v) is 7.61. The van der Waals surface area contributed by atoms with Gasteiger partial charge in [-0.2, -0.15) is 0 Å². The number of urea groups is 1. The molecule has 4 N–H and O–H groups in total. The van der Waals surface area contributed by atoms with E-state index in [1.165, 1.54) is 24.3 Å². The largest absolute Gasteiger partial charge is 0.508 e. The zero-order valence-corrected chi connectivity index (χ0v) is 17.5. The quantitative estimate of drug-likeness (QED) is 0.491. The first-order chi connectivity index (χ1) is 15.6. The van der Waals surface area contributed by atoms with Gasteiger partial charge in [-0.15, -0.1) is 0 Å². The molecule has 0 bridgehead atoms. The lowest BCUT2D eigenvalue weighted by Crippen LogP contribution is -2.46. The highest BCUT2D eigenvalue weighted by molar-refractivity contribution is 6.07. The molecule has 1 aromatic heterocycles. The summed E-state index contributed by atoms with van der Waals surface area (Å²) in [7, 11) is 0. The second kappa shape index (κ2) is 9.82. The molecule has 32 heavy (non-hydrogen) atoms. The molecule has 1 aliphatic rings. The Hall–Kier alpha value is -4.07. The first-order valence-corrected chi connectivity index (χ1v) is 10.5. The van der Waals surface area contributed by atoms with Crippen LogP contribution < -0.4 is 20.9 Å². The van der Waals surface area contributed by atoms with Crippen molar-refractivity contribution in [1.29, 1.82) is 0 Å². The number of phenolic OH excluding ortho intramolecular Hbond substituents is 1. The molecular formula is C24H25N5O3. The molecule has 8 nitrogen and oxygen atoms in total. The van der Waals surface area contributed by atoms with Gasteiger partial charge < -0.3 is 26.0 Å². The summed E-state index contributed by atoms with van der Waals surface area (Å²) in [4.78, 5) is 31.4. The van der Waals surface area contributed by atoms with E-state index in [2.05, 4.69) is 25.8 Å². The van der Waals surface area contributed by atoms with Crippen molar-refractivity contribution in [2.75, 3.05) is 28.6 Å². The summed E-state index contributed by atoms with van der Waals surface area (Å²) in [5, 5.41) is 18.1. The molecule has 4 rings (SSSR count). The third kappa shape index (κ3) is 5.34. The van der Waals surface area contributed by atoms with Crippen LogP contribution in [0.3, 0.4) is 0 Å². The number of carbonyl (C=O) groups excluding carboxylic acids is 2. The van der Waals surface area contributed by atoms with E-state index in [1.54, 1.807) is 36.7 Å². The molecule has 2 heterocycles. The minimum Gasteiger partial charge on any atom is -0.508 e. The van der Waals surface area contributed by atoms with E-state index >= 15 is 0 Å². The molecule has 0 radical (unpaired) electrons. The monoisotopic (exact) mass is 431 g/mol. The van der Waals surface area contributed by atoms with Crippen LogP contribution in [0.4, 0.5) is 21.9 Å². The number of nitrogens with zero attached hydrogens (tertiary/aromatic N) is 2. The average molecular weight is 431 g/mol. The first-order valence-electron chi connectivity index (χ1n) is 10.5. The molecule has 3 aromatic rings. The van der Waals surface area contributed by atoms with Crippen LogP contribution in [0.2, 0.25) is 0 Å². The molecule has 1 aliphatic heterocycles. The van der Waals surface area contributed by atoms with E-state index in [0.29, 0.717) is 16.9 Å². The Morgan fingerprint density at radius 1 is 0.875 bits per heavy atom. The number of para-hydroxylation sites is 2. The van der Waals surface area contributed by atoms with Crippen molar-refractivity contribution in [1.82, 2.24) is 10.3 Å². The fraction of sp³-hybridized carbons (Fsp3) is 0.208. The van der Waals surface area contributed by atoms with Gasteiger partial charge in [-0.3, -0.25) is 9.78 Å². The number of pyridine rings is 1. The molecule has 164 valence electrons. The Morgan fingerprint density at radius 2 is 1.50 bits per heavy atom. The molecule has 0 spiro atoms. The zero-order valence-electron chi connectivity index (χ0n) is 17.5. The van der Waals surface area contributed by atoms with E-state index in [9.17, 15) is 14.7 Å². The van der Waals surface area contributed by atoms with Crippen molar-refractivity contribution in [2.45, 2.75) is 18.9 Å². The highest BCUT2D eigenvalue weighted by Crippen LogP contribution is 2.23. The lowest BCUT2D eigenvalue weighted by atomic mass is 10.0. The summed E-state index contributed by atoms with van der Waals surface area (Å²) in [6.45, 7) is 1.71. The summed E-state index contributed by atoms with van der Waals surface area (Å²) in [6.07, 6.45) is 5.25. The number of hydrogen-bond donors (Lipinski definition) is 4. The number of carbonyl (C=O) groups is 2. The molecule has 8 heteroatoms. The summed E-state index contributed by atoms with van der Waals surface area (Å²) in [5.41, 5.74) is 2.55. The number of rotatable bonds is 5. The van der Waals surface area contributed by atoms with Gasteiger partial charge in [0.2, 0.25) is 0 Å². The number of piperidine rings is 1. The van der Waals surface area contributed by atoms with Crippen LogP contribution in [0.15, 0.2) is 73.1 Å². The van der Waals surface area contributed by atoms with E-state index < -0.39 is 0 Å². The molecule has 2 aromatic carbocycles. The SMILES string of the molecule is O=C(Nc1ccccc1NC(=O)c1ccc(O)cc1)NC1CCN(c2ccncc2)CC1. The maximum Gasteiger partial charge on any atom is 0.319 e. The van der Waals surface area contributed by atoms with Crippen LogP contribution >= 0.6 is 0 Å². The van der Waals surface area contributed by atoms with Crippen LogP contribution in [0.25, 0.3) is 0 Å². The van der Waals surface area contributed by atoms with Gasteiger partial charge in [-0.05, 0) is 61.4 Å². The lowest BCUT2D eigenvalue weighted by Gasteiger charge is -2.33. The van der Waals surface area contributed by atoms with E-state index in [0.717, 1.165) is 31.6 Å². The number of aromatic hydroxyl groups is 1. The molecule has 1 fully saturated rings. The number of anilines is 3. The van der Waals surface area contributed by atoms with Crippen molar-refractivity contribution in [3.8, 4) is 5.75 Å². The van der Waals surface area contributed by atoms with Crippen LogP contribution in [0.1, 0.15) is 23.2 Å². The van der Waals surface area contributed by atoms with Crippen LogP contribution in [0.5, 0.6) is 5.75 Å². The van der Waals surface area contributed by atoms with Crippen molar-refractivity contribution in [3.05, 3.63) is 78.6 Å². The molecule has 0 saturated carbocycles. The van der Waals surface area contributed by atoms with Gasteiger partial charge >= 0.3 is 6.03 Å². The molecule has 1 saturated heterocycles. The summed E-state index contributed by atoms with van der Waals surface area (Å²) < 4.78 is 0. The van der Waals surface area contributed by atoms with Gasteiger partial charge in [0.1, 0.15) is 5.75 Å². The predicted molar refractivity (Wildman–Crippen MR) is 124 cm³/mol. The van der Waals surface area contributed by atoms with Crippen molar-refractivity contribution in [3.63, 3.8) is 0 Å². The third-order valence-corrected chi connectivity index (χ3v) is 5.41. The maximum atomic E-state index is 12.6. The molecular weight excluding hydrogens is 406 g/mol. The smallest absolute Gasteiger partial charge is 0.319 e.